The summed E-state index contributed by atoms with van der Waals surface area (Å²) >= 11 is 0. The molecule has 0 unspecified atom stereocenters. The van der Waals surface area contributed by atoms with Gasteiger partial charge in [-0.15, -0.1) is 0 Å². The summed E-state index contributed by atoms with van der Waals surface area (Å²) in [6, 6.07) is 14.9. The number of urea groups is 1. The Bertz CT molecular complexity index is 852. The summed E-state index contributed by atoms with van der Waals surface area (Å²) in [4.78, 5) is 16.3. The van der Waals surface area contributed by atoms with Crippen molar-refractivity contribution in [3.63, 3.8) is 0 Å². The van der Waals surface area contributed by atoms with Crippen molar-refractivity contribution in [2.45, 2.75) is 25.9 Å². The average molecular weight is 451 g/mol. The van der Waals surface area contributed by atoms with Crippen LogP contribution in [0.4, 0.5) is 23.7 Å². The van der Waals surface area contributed by atoms with Crippen LogP contribution in [-0.4, -0.2) is 57.1 Å². The Morgan fingerprint density at radius 2 is 1.62 bits per heavy atom. The third-order valence-electron chi connectivity index (χ3n) is 5.08. The van der Waals surface area contributed by atoms with Crippen molar-refractivity contribution in [3.05, 3.63) is 65.2 Å². The first-order valence-corrected chi connectivity index (χ1v) is 10.4. The van der Waals surface area contributed by atoms with Crippen LogP contribution < -0.4 is 10.2 Å². The van der Waals surface area contributed by atoms with Gasteiger partial charge in [0.15, 0.2) is 0 Å². The lowest BCUT2D eigenvalue weighted by molar-refractivity contribution is -0.176. The minimum atomic E-state index is -4.33. The topological polar surface area (TPSA) is 54.0 Å². The van der Waals surface area contributed by atoms with Gasteiger partial charge in [0.25, 0.3) is 0 Å². The fourth-order valence-corrected chi connectivity index (χ4v) is 3.33. The molecule has 0 aliphatic carbocycles. The first-order valence-electron chi connectivity index (χ1n) is 10.4. The standard InChI is InChI=1S/C23H28F3N3O3/c1-28(15-19-6-8-21(9-7-19)29-10-12-31-13-11-29)22(30)27-14-18-2-4-20(5-3-18)16-32-17-23(24,25)26/h2-9H,10-17H2,1H3,(H,27,30). The van der Waals surface area contributed by atoms with E-state index in [1.165, 1.54) is 0 Å². The highest BCUT2D eigenvalue weighted by Gasteiger charge is 2.27. The fraction of sp³-hybridized carbons (Fsp3) is 0.435. The molecule has 32 heavy (non-hydrogen) atoms. The van der Waals surface area contributed by atoms with Gasteiger partial charge in [-0.3, -0.25) is 0 Å². The monoisotopic (exact) mass is 451 g/mol. The van der Waals surface area contributed by atoms with Gasteiger partial charge in [-0.1, -0.05) is 36.4 Å². The van der Waals surface area contributed by atoms with E-state index >= 15 is 0 Å². The van der Waals surface area contributed by atoms with Gasteiger partial charge in [0.05, 0.1) is 19.8 Å². The third-order valence-corrected chi connectivity index (χ3v) is 5.08. The summed E-state index contributed by atoms with van der Waals surface area (Å²) < 4.78 is 46.4. The molecule has 0 atom stereocenters. The molecule has 1 aliphatic rings. The molecule has 2 aromatic carbocycles. The zero-order valence-electron chi connectivity index (χ0n) is 18.0. The van der Waals surface area contributed by atoms with Gasteiger partial charge in [0.1, 0.15) is 6.61 Å². The van der Waals surface area contributed by atoms with Crippen molar-refractivity contribution >= 4 is 11.7 Å². The van der Waals surface area contributed by atoms with Crippen LogP contribution in [-0.2, 0) is 29.2 Å². The van der Waals surface area contributed by atoms with Crippen molar-refractivity contribution in [3.8, 4) is 0 Å². The van der Waals surface area contributed by atoms with Crippen molar-refractivity contribution in [2.75, 3.05) is 44.9 Å². The summed E-state index contributed by atoms with van der Waals surface area (Å²) in [5, 5.41) is 2.85. The molecule has 6 nitrogen and oxygen atoms in total. The number of anilines is 1. The van der Waals surface area contributed by atoms with Crippen LogP contribution in [0.3, 0.4) is 0 Å². The van der Waals surface area contributed by atoms with Gasteiger partial charge in [-0.05, 0) is 28.8 Å². The summed E-state index contributed by atoms with van der Waals surface area (Å²) in [7, 11) is 1.73. The molecule has 2 aromatic rings. The zero-order valence-corrected chi connectivity index (χ0v) is 18.0. The lowest BCUT2D eigenvalue weighted by atomic mass is 10.1. The largest absolute Gasteiger partial charge is 0.411 e. The minimum absolute atomic E-state index is 0.112. The quantitative estimate of drug-likeness (QED) is 0.661. The number of benzene rings is 2. The second kappa shape index (κ2) is 11.2. The number of morpholine rings is 1. The van der Waals surface area contributed by atoms with Crippen LogP contribution in [0.2, 0.25) is 0 Å². The van der Waals surface area contributed by atoms with Crippen molar-refractivity contribution < 1.29 is 27.4 Å². The molecule has 0 aromatic heterocycles. The summed E-state index contributed by atoms with van der Waals surface area (Å²) in [5.41, 5.74) is 3.67. The second-order valence-electron chi connectivity index (χ2n) is 7.71. The number of rotatable bonds is 8. The van der Waals surface area contributed by atoms with E-state index in [9.17, 15) is 18.0 Å². The SMILES string of the molecule is CN(Cc1ccc(N2CCOCC2)cc1)C(=O)NCc1ccc(COCC(F)(F)F)cc1. The minimum Gasteiger partial charge on any atom is -0.378 e. The average Bonchev–Trinajstić information content (AvgIpc) is 2.78. The molecule has 9 heteroatoms. The molecule has 0 radical (unpaired) electrons. The van der Waals surface area contributed by atoms with E-state index in [-0.39, 0.29) is 12.6 Å². The Hall–Kier alpha value is -2.78. The van der Waals surface area contributed by atoms with Gasteiger partial charge in [0.2, 0.25) is 0 Å². The molecule has 1 heterocycles. The van der Waals surface area contributed by atoms with Gasteiger partial charge < -0.3 is 24.6 Å². The molecular weight excluding hydrogens is 423 g/mol. The molecule has 0 spiro atoms. The maximum Gasteiger partial charge on any atom is 0.411 e. The molecule has 0 saturated carbocycles. The van der Waals surface area contributed by atoms with Crippen LogP contribution in [0.1, 0.15) is 16.7 Å². The number of halogens is 3. The van der Waals surface area contributed by atoms with Crippen LogP contribution in [0.5, 0.6) is 0 Å². The van der Waals surface area contributed by atoms with Gasteiger partial charge in [-0.25, -0.2) is 4.79 Å². The Balaban J connectivity index is 1.41. The molecule has 1 aliphatic heterocycles. The summed E-state index contributed by atoms with van der Waals surface area (Å²) in [5.74, 6) is 0. The molecule has 1 fully saturated rings. The summed E-state index contributed by atoms with van der Waals surface area (Å²) in [6.45, 7) is 2.64. The Morgan fingerprint density at radius 1 is 1.03 bits per heavy atom. The number of carbonyl (C=O) groups is 1. The van der Waals surface area contributed by atoms with Crippen LogP contribution in [0.15, 0.2) is 48.5 Å². The number of alkyl halides is 3. The fourth-order valence-electron chi connectivity index (χ4n) is 3.33. The van der Waals surface area contributed by atoms with E-state index in [1.54, 1.807) is 36.2 Å². The van der Waals surface area contributed by atoms with E-state index in [4.69, 9.17) is 4.74 Å². The number of carbonyl (C=O) groups excluding carboxylic acids is 1. The van der Waals surface area contributed by atoms with Gasteiger partial charge in [-0.2, -0.15) is 13.2 Å². The molecule has 0 bridgehead atoms. The summed E-state index contributed by atoms with van der Waals surface area (Å²) in [6.07, 6.45) is -4.33. The second-order valence-corrected chi connectivity index (χ2v) is 7.71. The van der Waals surface area contributed by atoms with E-state index < -0.39 is 12.8 Å². The highest BCUT2D eigenvalue weighted by molar-refractivity contribution is 5.73. The van der Waals surface area contributed by atoms with E-state index in [0.29, 0.717) is 18.7 Å². The van der Waals surface area contributed by atoms with E-state index in [1.807, 2.05) is 12.1 Å². The lowest BCUT2D eigenvalue weighted by Crippen LogP contribution is -2.36. The Labute approximate surface area is 185 Å². The van der Waals surface area contributed by atoms with Crippen molar-refractivity contribution in [1.29, 1.82) is 0 Å². The maximum absolute atomic E-state index is 12.4. The van der Waals surface area contributed by atoms with Crippen LogP contribution in [0, 0.1) is 0 Å². The maximum atomic E-state index is 12.4. The van der Waals surface area contributed by atoms with Gasteiger partial charge in [0, 0.05) is 38.9 Å². The first kappa shape index (κ1) is 23.9. The first-order chi connectivity index (χ1) is 15.3. The Morgan fingerprint density at radius 3 is 2.25 bits per heavy atom. The van der Waals surface area contributed by atoms with Crippen LogP contribution in [0.25, 0.3) is 0 Å². The zero-order chi connectivity index (χ0) is 23.0. The number of ether oxygens (including phenoxy) is 2. The number of nitrogens with zero attached hydrogens (tertiary/aromatic N) is 2. The van der Waals surface area contributed by atoms with E-state index in [0.717, 1.165) is 43.1 Å². The normalized spacial score (nSPS) is 14.3. The van der Waals surface area contributed by atoms with Crippen LogP contribution >= 0.6 is 0 Å². The van der Waals surface area contributed by atoms with E-state index in [2.05, 4.69) is 27.1 Å². The highest BCUT2D eigenvalue weighted by atomic mass is 19.4. The Kier molecular flexibility index (Phi) is 8.35. The molecular formula is C23H28F3N3O3. The van der Waals surface area contributed by atoms with Gasteiger partial charge >= 0.3 is 12.2 Å². The smallest absolute Gasteiger partial charge is 0.378 e. The van der Waals surface area contributed by atoms with Crippen molar-refractivity contribution in [1.82, 2.24) is 10.2 Å². The highest BCUT2D eigenvalue weighted by Crippen LogP contribution is 2.18. The molecule has 3 rings (SSSR count). The number of amides is 2. The predicted octanol–water partition coefficient (Wildman–Crippen LogP) is 3.94. The van der Waals surface area contributed by atoms with Crippen molar-refractivity contribution in [2.24, 2.45) is 0 Å². The number of hydrogen-bond donors (Lipinski definition) is 1. The molecule has 174 valence electrons. The lowest BCUT2D eigenvalue weighted by Gasteiger charge is -2.29. The molecule has 2 amide bonds. The third kappa shape index (κ3) is 7.72. The number of nitrogens with one attached hydrogen (secondary N) is 1. The predicted molar refractivity (Wildman–Crippen MR) is 115 cm³/mol. The number of hydrogen-bond acceptors (Lipinski definition) is 4. The molecule has 1 saturated heterocycles. The molecule has 1 N–H and O–H groups in total.